The molecule has 0 radical (unpaired) electrons. The standard InChI is InChI=1S/C23H25N3O4/c1-29-20-8-7-18(13-21(20)30-2)25-22(27)17-4-3-11-26(14-17)23(28)16-6-5-15-9-10-24-19(15)12-16/h5-10,12-13,17,24H,3-4,11,14H2,1-2H3,(H,25,27)/t17-/m1/s1. The van der Waals surface area contributed by atoms with Crippen molar-refractivity contribution in [2.45, 2.75) is 12.8 Å². The average molecular weight is 407 g/mol. The fraction of sp³-hybridized carbons (Fsp3) is 0.304. The molecule has 1 saturated heterocycles. The van der Waals surface area contributed by atoms with Gasteiger partial charge in [-0.05, 0) is 48.6 Å². The number of anilines is 1. The summed E-state index contributed by atoms with van der Waals surface area (Å²) < 4.78 is 10.5. The lowest BCUT2D eigenvalue weighted by molar-refractivity contribution is -0.121. The Balaban J connectivity index is 1.44. The van der Waals surface area contributed by atoms with Crippen molar-refractivity contribution >= 4 is 28.4 Å². The van der Waals surface area contributed by atoms with E-state index in [-0.39, 0.29) is 17.7 Å². The van der Waals surface area contributed by atoms with Crippen LogP contribution in [0.3, 0.4) is 0 Å². The molecule has 1 atom stereocenters. The van der Waals surface area contributed by atoms with Gasteiger partial charge in [-0.1, -0.05) is 6.07 Å². The van der Waals surface area contributed by atoms with Crippen LogP contribution in [0.4, 0.5) is 5.69 Å². The molecule has 4 rings (SSSR count). The number of hydrogen-bond donors (Lipinski definition) is 2. The number of carbonyl (C=O) groups excluding carboxylic acids is 2. The molecule has 0 spiro atoms. The summed E-state index contributed by atoms with van der Waals surface area (Å²) >= 11 is 0. The van der Waals surface area contributed by atoms with E-state index in [9.17, 15) is 9.59 Å². The van der Waals surface area contributed by atoms with E-state index in [0.29, 0.717) is 35.8 Å². The Kier molecular flexibility index (Phi) is 5.61. The van der Waals surface area contributed by atoms with Crippen molar-refractivity contribution in [1.82, 2.24) is 9.88 Å². The van der Waals surface area contributed by atoms with Gasteiger partial charge < -0.3 is 24.7 Å². The normalized spacial score (nSPS) is 16.3. The summed E-state index contributed by atoms with van der Waals surface area (Å²) in [5.74, 6) is 0.749. The molecule has 2 N–H and O–H groups in total. The molecule has 156 valence electrons. The molecule has 0 bridgehead atoms. The van der Waals surface area contributed by atoms with Gasteiger partial charge in [-0.25, -0.2) is 0 Å². The van der Waals surface area contributed by atoms with Crippen molar-refractivity contribution in [1.29, 1.82) is 0 Å². The number of aromatic nitrogens is 1. The number of H-pyrrole nitrogens is 1. The van der Waals surface area contributed by atoms with E-state index in [1.807, 2.05) is 30.5 Å². The number of likely N-dealkylation sites (tertiary alicyclic amines) is 1. The topological polar surface area (TPSA) is 83.7 Å². The maximum absolute atomic E-state index is 13.0. The van der Waals surface area contributed by atoms with E-state index >= 15 is 0 Å². The van der Waals surface area contributed by atoms with Gasteiger partial charge in [0, 0.05) is 42.1 Å². The maximum Gasteiger partial charge on any atom is 0.253 e. The highest BCUT2D eigenvalue weighted by Gasteiger charge is 2.29. The molecule has 30 heavy (non-hydrogen) atoms. The van der Waals surface area contributed by atoms with Gasteiger partial charge in [-0.3, -0.25) is 9.59 Å². The van der Waals surface area contributed by atoms with Crippen molar-refractivity contribution in [3.63, 3.8) is 0 Å². The van der Waals surface area contributed by atoms with Gasteiger partial charge in [-0.2, -0.15) is 0 Å². The van der Waals surface area contributed by atoms with Crippen LogP contribution in [0, 0.1) is 5.92 Å². The fourth-order valence-corrected chi connectivity index (χ4v) is 3.90. The summed E-state index contributed by atoms with van der Waals surface area (Å²) in [5.41, 5.74) is 2.20. The molecule has 1 aromatic heterocycles. The number of nitrogens with zero attached hydrogens (tertiary/aromatic N) is 1. The highest BCUT2D eigenvalue weighted by molar-refractivity contribution is 5.99. The summed E-state index contributed by atoms with van der Waals surface area (Å²) in [6.45, 7) is 1.06. The molecular weight excluding hydrogens is 382 g/mol. The third kappa shape index (κ3) is 3.96. The van der Waals surface area contributed by atoms with Gasteiger partial charge in [0.1, 0.15) is 0 Å². The number of nitrogens with one attached hydrogen (secondary N) is 2. The summed E-state index contributed by atoms with van der Waals surface area (Å²) in [5, 5.41) is 4.01. The molecule has 1 aliphatic heterocycles. The van der Waals surface area contributed by atoms with Crippen LogP contribution < -0.4 is 14.8 Å². The van der Waals surface area contributed by atoms with Gasteiger partial charge in [0.2, 0.25) is 5.91 Å². The zero-order valence-electron chi connectivity index (χ0n) is 17.1. The smallest absolute Gasteiger partial charge is 0.253 e. The molecule has 2 aromatic carbocycles. The van der Waals surface area contributed by atoms with E-state index in [1.165, 1.54) is 0 Å². The van der Waals surface area contributed by atoms with Crippen LogP contribution in [0.5, 0.6) is 11.5 Å². The number of amides is 2. The van der Waals surface area contributed by atoms with Gasteiger partial charge >= 0.3 is 0 Å². The van der Waals surface area contributed by atoms with E-state index in [0.717, 1.165) is 23.7 Å². The molecule has 1 fully saturated rings. The molecule has 7 nitrogen and oxygen atoms in total. The van der Waals surface area contributed by atoms with Crippen LogP contribution in [0.15, 0.2) is 48.7 Å². The number of fused-ring (bicyclic) bond motifs is 1. The third-order valence-electron chi connectivity index (χ3n) is 5.53. The first-order valence-corrected chi connectivity index (χ1v) is 9.98. The summed E-state index contributed by atoms with van der Waals surface area (Å²) in [7, 11) is 3.12. The number of rotatable bonds is 5. The van der Waals surface area contributed by atoms with Gasteiger partial charge in [0.05, 0.1) is 20.1 Å². The number of aromatic amines is 1. The third-order valence-corrected chi connectivity index (χ3v) is 5.53. The van der Waals surface area contributed by atoms with Crippen LogP contribution in [0.2, 0.25) is 0 Å². The lowest BCUT2D eigenvalue weighted by Gasteiger charge is -2.32. The minimum Gasteiger partial charge on any atom is -0.493 e. The molecule has 1 aliphatic rings. The van der Waals surface area contributed by atoms with Crippen LogP contribution in [-0.4, -0.2) is 49.0 Å². The van der Waals surface area contributed by atoms with Crippen LogP contribution >= 0.6 is 0 Å². The molecule has 0 saturated carbocycles. The Morgan fingerprint density at radius 2 is 1.90 bits per heavy atom. The highest BCUT2D eigenvalue weighted by Crippen LogP contribution is 2.30. The maximum atomic E-state index is 13.0. The van der Waals surface area contributed by atoms with Crippen molar-refractivity contribution < 1.29 is 19.1 Å². The van der Waals surface area contributed by atoms with Gasteiger partial charge in [0.15, 0.2) is 11.5 Å². The molecule has 7 heteroatoms. The molecular formula is C23H25N3O4. The second-order valence-corrected chi connectivity index (χ2v) is 7.43. The first-order chi connectivity index (χ1) is 14.6. The predicted octanol–water partition coefficient (Wildman–Crippen LogP) is 3.68. The predicted molar refractivity (Wildman–Crippen MR) is 115 cm³/mol. The minimum absolute atomic E-state index is 0.0462. The Hall–Kier alpha value is -3.48. The summed E-state index contributed by atoms with van der Waals surface area (Å²) in [4.78, 5) is 30.7. The van der Waals surface area contributed by atoms with E-state index in [2.05, 4.69) is 10.3 Å². The van der Waals surface area contributed by atoms with Crippen molar-refractivity contribution in [2.24, 2.45) is 5.92 Å². The van der Waals surface area contributed by atoms with Crippen LogP contribution in [0.1, 0.15) is 23.2 Å². The fourth-order valence-electron chi connectivity index (χ4n) is 3.90. The van der Waals surface area contributed by atoms with Crippen molar-refractivity contribution in [2.75, 3.05) is 32.6 Å². The first-order valence-electron chi connectivity index (χ1n) is 9.98. The second kappa shape index (κ2) is 8.49. The Morgan fingerprint density at radius 1 is 1.07 bits per heavy atom. The zero-order valence-corrected chi connectivity index (χ0v) is 17.1. The molecule has 0 aliphatic carbocycles. The van der Waals surface area contributed by atoms with Crippen LogP contribution in [0.25, 0.3) is 10.9 Å². The van der Waals surface area contributed by atoms with Crippen LogP contribution in [-0.2, 0) is 4.79 Å². The Morgan fingerprint density at radius 3 is 2.70 bits per heavy atom. The molecule has 2 heterocycles. The van der Waals surface area contributed by atoms with E-state index in [4.69, 9.17) is 9.47 Å². The van der Waals surface area contributed by atoms with E-state index in [1.54, 1.807) is 37.3 Å². The molecule has 2 amide bonds. The lowest BCUT2D eigenvalue weighted by atomic mass is 9.96. The minimum atomic E-state index is -0.259. The number of hydrogen-bond acceptors (Lipinski definition) is 4. The summed E-state index contributed by atoms with van der Waals surface area (Å²) in [6.07, 6.45) is 3.40. The number of methoxy groups -OCH3 is 2. The quantitative estimate of drug-likeness (QED) is 0.676. The SMILES string of the molecule is COc1ccc(NC(=O)[C@@H]2CCCN(C(=O)c3ccc4cc[nH]c4c3)C2)cc1OC. The van der Waals surface area contributed by atoms with Crippen molar-refractivity contribution in [3.05, 3.63) is 54.2 Å². The Labute approximate surface area is 175 Å². The number of carbonyl (C=O) groups is 2. The largest absolute Gasteiger partial charge is 0.493 e. The van der Waals surface area contributed by atoms with Gasteiger partial charge in [-0.15, -0.1) is 0 Å². The van der Waals surface area contributed by atoms with E-state index < -0.39 is 0 Å². The second-order valence-electron chi connectivity index (χ2n) is 7.43. The van der Waals surface area contributed by atoms with Gasteiger partial charge in [0.25, 0.3) is 5.91 Å². The number of ether oxygens (including phenoxy) is 2. The monoisotopic (exact) mass is 407 g/mol. The average Bonchev–Trinajstić information content (AvgIpc) is 3.26. The Bertz CT molecular complexity index is 1080. The molecule has 3 aromatic rings. The van der Waals surface area contributed by atoms with Crippen molar-refractivity contribution in [3.8, 4) is 11.5 Å². The number of piperidine rings is 1. The first kappa shape index (κ1) is 19.8. The number of benzene rings is 2. The molecule has 0 unspecified atom stereocenters. The summed E-state index contributed by atoms with van der Waals surface area (Å²) in [6, 6.07) is 12.9. The zero-order chi connectivity index (χ0) is 21.1. The highest BCUT2D eigenvalue weighted by atomic mass is 16.5. The lowest BCUT2D eigenvalue weighted by Crippen LogP contribution is -2.43.